The number of nitrogens with two attached hydrogens (primary N) is 1. The van der Waals surface area contributed by atoms with Crippen LogP contribution in [-0.4, -0.2) is 75.5 Å². The van der Waals surface area contributed by atoms with Gasteiger partial charge in [0.1, 0.15) is 0 Å². The van der Waals surface area contributed by atoms with Gasteiger partial charge >= 0.3 is 156 Å². The molecule has 5 rings (SSSR count). The van der Waals surface area contributed by atoms with E-state index in [2.05, 4.69) is 9.80 Å². The molecule has 0 aromatic heterocycles. The number of anilines is 1. The summed E-state index contributed by atoms with van der Waals surface area (Å²) in [6, 6.07) is 7.67. The molecular weight excluding hydrogens is 397 g/mol. The Bertz CT molecular complexity index is 627. The minimum absolute atomic E-state index is 0.0848. The molecule has 0 aliphatic carbocycles. The predicted molar refractivity (Wildman–Crippen MR) is 99.5 cm³/mol. The number of likely N-dealkylation sites (tertiary alicyclic amines) is 2. The third-order valence-electron chi connectivity index (χ3n) is 5.90. The number of rotatable bonds is 3. The van der Waals surface area contributed by atoms with E-state index in [9.17, 15) is 0 Å². The number of hydrogen-bond acceptors (Lipinski definition) is 7. The molecule has 2 atom stereocenters. The molecule has 4 fully saturated rings. The van der Waals surface area contributed by atoms with E-state index in [1.54, 1.807) is 0 Å². The van der Waals surface area contributed by atoms with Gasteiger partial charge in [-0.05, 0) is 0 Å². The van der Waals surface area contributed by atoms with Gasteiger partial charge in [0.05, 0.1) is 0 Å². The van der Waals surface area contributed by atoms with Gasteiger partial charge in [0.25, 0.3) is 0 Å². The second-order valence-corrected chi connectivity index (χ2v) is 14.1. The molecule has 1 spiro atoms. The normalized spacial score (nSPS) is 35.8. The molecule has 0 amide bonds. The molecule has 0 bridgehead atoms. The number of nitrogens with zero attached hydrogens (tertiary/aromatic N) is 2. The summed E-state index contributed by atoms with van der Waals surface area (Å²) in [6.07, 6.45) is 4.67. The zero-order valence-electron chi connectivity index (χ0n) is 15.1. The summed E-state index contributed by atoms with van der Waals surface area (Å²) in [4.78, 5) is 4.71. The Kier molecular flexibility index (Phi) is 4.33. The van der Waals surface area contributed by atoms with E-state index in [0.29, 0.717) is 18.9 Å². The van der Waals surface area contributed by atoms with Crippen LogP contribution < -0.4 is 10.1 Å². The SMILES string of the molecule is Nc1ccc([As]23(OCC(N4CCCC4)O2)OCC(N2CCCC2)O3)cc1. The fourth-order valence-electron chi connectivity index (χ4n) is 4.44. The van der Waals surface area contributed by atoms with Crippen molar-refractivity contribution in [3.63, 3.8) is 0 Å². The molecule has 4 heterocycles. The molecule has 0 radical (unpaired) electrons. The van der Waals surface area contributed by atoms with Crippen LogP contribution in [0.5, 0.6) is 0 Å². The van der Waals surface area contributed by atoms with Gasteiger partial charge in [-0.1, -0.05) is 0 Å². The van der Waals surface area contributed by atoms with E-state index in [4.69, 9.17) is 20.6 Å². The van der Waals surface area contributed by atoms with Crippen molar-refractivity contribution in [3.05, 3.63) is 24.3 Å². The van der Waals surface area contributed by atoms with Crippen molar-refractivity contribution in [1.82, 2.24) is 9.80 Å². The Balaban J connectivity index is 1.48. The minimum atomic E-state index is -4.50. The second kappa shape index (κ2) is 6.45. The molecule has 8 heteroatoms. The van der Waals surface area contributed by atoms with E-state index >= 15 is 0 Å². The van der Waals surface area contributed by atoms with Gasteiger partial charge in [-0.3, -0.25) is 0 Å². The van der Waals surface area contributed by atoms with Crippen LogP contribution in [0.4, 0.5) is 5.69 Å². The van der Waals surface area contributed by atoms with Crippen LogP contribution in [0.2, 0.25) is 0 Å². The molecule has 1 aromatic rings. The van der Waals surface area contributed by atoms with Crippen molar-refractivity contribution in [2.75, 3.05) is 45.1 Å². The summed E-state index contributed by atoms with van der Waals surface area (Å²) >= 11 is -4.50. The fraction of sp³-hybridized carbons (Fsp3) is 0.667. The fourth-order valence-corrected chi connectivity index (χ4v) is 11.9. The van der Waals surface area contributed by atoms with Gasteiger partial charge in [0.15, 0.2) is 0 Å². The van der Waals surface area contributed by atoms with Crippen molar-refractivity contribution >= 4 is 23.9 Å². The van der Waals surface area contributed by atoms with E-state index in [1.165, 1.54) is 25.7 Å². The molecule has 1 aromatic carbocycles. The van der Waals surface area contributed by atoms with E-state index in [-0.39, 0.29) is 12.5 Å². The first-order valence-corrected chi connectivity index (χ1v) is 13.7. The van der Waals surface area contributed by atoms with E-state index in [0.717, 1.165) is 30.5 Å². The molecule has 4 saturated heterocycles. The van der Waals surface area contributed by atoms with Crippen LogP contribution in [0.25, 0.3) is 0 Å². The van der Waals surface area contributed by atoms with Gasteiger partial charge in [0.2, 0.25) is 0 Å². The molecule has 26 heavy (non-hydrogen) atoms. The van der Waals surface area contributed by atoms with Crippen LogP contribution in [0.15, 0.2) is 24.3 Å². The van der Waals surface area contributed by atoms with Gasteiger partial charge in [0, 0.05) is 0 Å². The van der Waals surface area contributed by atoms with Crippen molar-refractivity contribution in [1.29, 1.82) is 0 Å². The van der Waals surface area contributed by atoms with Gasteiger partial charge in [-0.15, -0.1) is 0 Å². The van der Waals surface area contributed by atoms with Crippen molar-refractivity contribution in [3.8, 4) is 0 Å². The zero-order chi connectivity index (χ0) is 17.6. The standard InChI is InChI=1S/C18H28AsN3O4/c20-16-7-5-15(6-8-16)19(23-13-17(25-19)21-9-1-2-10-21)24-14-18(26-19)22-11-3-4-12-22/h5-8,17-18H,1-4,9-14,20H2. The summed E-state index contributed by atoms with van der Waals surface area (Å²) < 4.78 is 27.1. The van der Waals surface area contributed by atoms with Gasteiger partial charge in [-0.25, -0.2) is 0 Å². The van der Waals surface area contributed by atoms with Crippen LogP contribution in [-0.2, 0) is 14.9 Å². The molecule has 0 saturated carbocycles. The Morgan fingerprint density at radius 3 is 1.69 bits per heavy atom. The molecule has 7 nitrogen and oxygen atoms in total. The molecule has 2 N–H and O–H groups in total. The maximum atomic E-state index is 6.67. The summed E-state index contributed by atoms with van der Waals surface area (Å²) in [5.74, 6) is 0. The number of hydrogen-bond donors (Lipinski definition) is 1. The molecular formula is C18H28AsN3O4. The maximum absolute atomic E-state index is 6.67. The Labute approximate surface area is 156 Å². The summed E-state index contributed by atoms with van der Waals surface area (Å²) in [5, 5.41) is 0. The third-order valence-corrected chi connectivity index (χ3v) is 13.3. The number of benzene rings is 1. The average molecular weight is 425 g/mol. The average Bonchev–Trinajstić information content (AvgIpc) is 3.45. The van der Waals surface area contributed by atoms with Crippen molar-refractivity contribution in [2.45, 2.75) is 38.1 Å². The summed E-state index contributed by atoms with van der Waals surface area (Å²) in [6.45, 7) is 5.19. The van der Waals surface area contributed by atoms with E-state index < -0.39 is 13.8 Å². The van der Waals surface area contributed by atoms with Crippen LogP contribution in [0, 0.1) is 0 Å². The monoisotopic (exact) mass is 425 g/mol. The first-order valence-electron chi connectivity index (χ1n) is 9.71. The Morgan fingerprint density at radius 1 is 0.769 bits per heavy atom. The third kappa shape index (κ3) is 2.73. The van der Waals surface area contributed by atoms with Crippen LogP contribution in [0.1, 0.15) is 25.7 Å². The first kappa shape index (κ1) is 17.4. The van der Waals surface area contributed by atoms with Gasteiger partial charge in [-0.2, -0.15) is 0 Å². The quantitative estimate of drug-likeness (QED) is 0.568. The molecule has 2 unspecified atom stereocenters. The van der Waals surface area contributed by atoms with Crippen LogP contribution >= 0.6 is 0 Å². The zero-order valence-corrected chi connectivity index (χ0v) is 17.0. The predicted octanol–water partition coefficient (Wildman–Crippen LogP) is 0.803. The Hall–Kier alpha value is -0.662. The van der Waals surface area contributed by atoms with Crippen molar-refractivity contribution < 1.29 is 14.9 Å². The van der Waals surface area contributed by atoms with E-state index in [1.807, 2.05) is 24.3 Å². The molecule has 144 valence electrons. The molecule has 4 aliphatic heterocycles. The first-order chi connectivity index (χ1) is 12.7. The Morgan fingerprint density at radius 2 is 1.23 bits per heavy atom. The summed E-state index contributed by atoms with van der Waals surface area (Å²) in [7, 11) is 0. The molecule has 4 aliphatic rings. The summed E-state index contributed by atoms with van der Waals surface area (Å²) in [5.41, 5.74) is 6.62. The number of nitrogen functional groups attached to an aromatic ring is 1. The van der Waals surface area contributed by atoms with Crippen molar-refractivity contribution in [2.24, 2.45) is 0 Å². The van der Waals surface area contributed by atoms with Crippen LogP contribution in [0.3, 0.4) is 0 Å². The topological polar surface area (TPSA) is 69.4 Å². The van der Waals surface area contributed by atoms with Gasteiger partial charge < -0.3 is 0 Å². The second-order valence-electron chi connectivity index (χ2n) is 7.60.